The Labute approximate surface area is 479 Å². The molecule has 12 rings (SSSR count). The number of hydrogen-bond acceptors (Lipinski definition) is 20. The third-order valence-electron chi connectivity index (χ3n) is 15.8. The molecule has 22 heteroatoms. The van der Waals surface area contributed by atoms with Gasteiger partial charge in [0.05, 0.1) is 42.6 Å². The summed E-state index contributed by atoms with van der Waals surface area (Å²) in [5.74, 6) is 0.640. The third kappa shape index (κ3) is 10.9. The first-order valence-electron chi connectivity index (χ1n) is 27.4. The normalized spacial score (nSPS) is 28.9. The van der Waals surface area contributed by atoms with E-state index in [-0.39, 0.29) is 17.2 Å². The van der Waals surface area contributed by atoms with Crippen LogP contribution in [0.25, 0.3) is 79.8 Å². The van der Waals surface area contributed by atoms with Gasteiger partial charge in [0.2, 0.25) is 18.9 Å². The predicted molar refractivity (Wildman–Crippen MR) is 303 cm³/mol. The fraction of sp³-hybridized carbons (Fsp3) is 0.323. The van der Waals surface area contributed by atoms with Crippen LogP contribution in [0.1, 0.15) is 34.2 Å². The molecule has 0 unspecified atom stereocenters. The number of aromatic nitrogens is 4. The minimum absolute atomic E-state index is 0.190. The molecule has 6 aliphatic heterocycles. The molecule has 0 saturated carbocycles. The summed E-state index contributed by atoms with van der Waals surface area (Å²) >= 11 is 0. The molecule has 6 aliphatic rings. The van der Waals surface area contributed by atoms with Crippen LogP contribution < -0.4 is 14.2 Å². The molecule has 4 aromatic carbocycles. The second-order valence-corrected chi connectivity index (χ2v) is 21.2. The molecule has 3 fully saturated rings. The molecule has 14 N–H and O–H groups in total. The van der Waals surface area contributed by atoms with Crippen LogP contribution >= 0.6 is 0 Å². The van der Waals surface area contributed by atoms with Gasteiger partial charge in [-0.2, -0.15) is 0 Å². The first kappa shape index (κ1) is 57.0. The molecule has 438 valence electrons. The van der Waals surface area contributed by atoms with Crippen LogP contribution in [0.3, 0.4) is 0 Å². The summed E-state index contributed by atoms with van der Waals surface area (Å²) in [6, 6.07) is 34.5. The minimum Gasteiger partial charge on any atom is -0.462 e. The van der Waals surface area contributed by atoms with Crippen molar-refractivity contribution < 1.29 is 89.7 Å². The number of H-pyrrole nitrogens is 2. The molecule has 0 amide bonds. The summed E-state index contributed by atoms with van der Waals surface area (Å²) in [7, 11) is 0. The van der Waals surface area contributed by atoms with Crippen LogP contribution in [0.2, 0.25) is 0 Å². The van der Waals surface area contributed by atoms with E-state index in [0.717, 1.165) is 22.5 Å². The lowest BCUT2D eigenvalue weighted by Gasteiger charge is -2.39. The number of nitrogens with one attached hydrogen (secondary N) is 2. The number of ether oxygens (including phenoxy) is 6. The van der Waals surface area contributed by atoms with E-state index in [1.165, 1.54) is 0 Å². The second-order valence-electron chi connectivity index (χ2n) is 21.2. The SMILES string of the molecule is OC[C@H]1O[C@@H](Oc2cccc(-c3c4nc(c(-c5cccc(O[C@@H]6O[C@H](CO)[C@@H](O)[C@H](O)[C@H]6O)c5)c5ccc([nH]5)c(-c5cccc(O[C@@H]6O[C@H](CO)[C@@H](O)[C@H](O)[C@H]6O)c5)c5nc(c(-c6ccccc6)c6[nH]c3CC6)C=C5)C=C4)c2)[C@H](O)[C@@H](O)[C@@H]1O. The van der Waals surface area contributed by atoms with Crippen molar-refractivity contribution >= 4 is 35.3 Å². The number of fused-ring (bicyclic) bond motifs is 8. The lowest BCUT2D eigenvalue weighted by Crippen LogP contribution is -2.60. The van der Waals surface area contributed by atoms with E-state index >= 15 is 0 Å². The van der Waals surface area contributed by atoms with E-state index in [2.05, 4.69) is 9.97 Å². The predicted octanol–water partition coefficient (Wildman–Crippen LogP) is 2.37. The van der Waals surface area contributed by atoms with Gasteiger partial charge in [-0.15, -0.1) is 0 Å². The first-order chi connectivity index (χ1) is 40.7. The summed E-state index contributed by atoms with van der Waals surface area (Å²) in [6.45, 7) is -1.94. The van der Waals surface area contributed by atoms with Crippen molar-refractivity contribution in [2.45, 2.75) is 105 Å². The smallest absolute Gasteiger partial charge is 0.229 e. The molecule has 0 aliphatic carbocycles. The molecular formula is C62H62N4O18. The Kier molecular flexibility index (Phi) is 16.2. The van der Waals surface area contributed by atoms with E-state index in [1.807, 2.05) is 85.0 Å². The molecule has 84 heavy (non-hydrogen) atoms. The van der Waals surface area contributed by atoms with E-state index in [0.29, 0.717) is 80.0 Å². The lowest BCUT2D eigenvalue weighted by atomic mass is 9.98. The number of aromatic amines is 2. The van der Waals surface area contributed by atoms with Crippen molar-refractivity contribution in [1.29, 1.82) is 0 Å². The molecule has 3 saturated heterocycles. The lowest BCUT2D eigenvalue weighted by molar-refractivity contribution is -0.277. The Morgan fingerprint density at radius 2 is 0.702 bits per heavy atom. The zero-order valence-electron chi connectivity index (χ0n) is 44.7. The Balaban J connectivity index is 1.07. The van der Waals surface area contributed by atoms with Crippen molar-refractivity contribution in [1.82, 2.24) is 19.9 Å². The molecule has 6 aromatic rings. The largest absolute Gasteiger partial charge is 0.462 e. The van der Waals surface area contributed by atoms with Crippen LogP contribution in [0.4, 0.5) is 0 Å². The maximum Gasteiger partial charge on any atom is 0.229 e. The molecule has 2 aromatic heterocycles. The summed E-state index contributed by atoms with van der Waals surface area (Å²) in [5, 5.41) is 126. The van der Waals surface area contributed by atoms with Gasteiger partial charge in [-0.25, -0.2) is 9.97 Å². The average molecular weight is 1150 g/mol. The fourth-order valence-corrected chi connectivity index (χ4v) is 11.4. The van der Waals surface area contributed by atoms with Gasteiger partial charge in [0.15, 0.2) is 0 Å². The number of aliphatic hydroxyl groups excluding tert-OH is 12. The van der Waals surface area contributed by atoms with E-state index in [9.17, 15) is 61.3 Å². The maximum atomic E-state index is 11.0. The maximum absolute atomic E-state index is 11.0. The Bertz CT molecular complexity index is 3660. The number of nitrogens with zero attached hydrogens (tertiary/aromatic N) is 2. The summed E-state index contributed by atoms with van der Waals surface area (Å²) in [6.07, 6.45) is -14.3. The highest BCUT2D eigenvalue weighted by Gasteiger charge is 2.47. The van der Waals surface area contributed by atoms with Gasteiger partial charge in [-0.1, -0.05) is 66.7 Å². The zero-order chi connectivity index (χ0) is 58.5. The molecule has 15 atom stereocenters. The first-order valence-corrected chi connectivity index (χ1v) is 27.4. The number of benzene rings is 4. The minimum atomic E-state index is -1.69. The van der Waals surface area contributed by atoms with Crippen molar-refractivity contribution in [3.8, 4) is 61.8 Å². The van der Waals surface area contributed by atoms with Crippen molar-refractivity contribution in [3.63, 3.8) is 0 Å². The molecule has 22 nitrogen and oxygen atoms in total. The van der Waals surface area contributed by atoms with Gasteiger partial charge < -0.3 is 99.7 Å². The van der Waals surface area contributed by atoms with Crippen LogP contribution in [0.15, 0.2) is 115 Å². The van der Waals surface area contributed by atoms with Gasteiger partial charge in [0, 0.05) is 44.7 Å². The van der Waals surface area contributed by atoms with Crippen molar-refractivity contribution in [2.75, 3.05) is 19.8 Å². The van der Waals surface area contributed by atoms with Crippen LogP contribution in [-0.2, 0) is 27.1 Å². The fourth-order valence-electron chi connectivity index (χ4n) is 11.4. The zero-order valence-corrected chi connectivity index (χ0v) is 44.7. The van der Waals surface area contributed by atoms with E-state index in [1.54, 1.807) is 54.6 Å². The second kappa shape index (κ2) is 23.9. The van der Waals surface area contributed by atoms with Gasteiger partial charge in [-0.05, 0) is 108 Å². The Morgan fingerprint density at radius 3 is 1.07 bits per heavy atom. The highest BCUT2D eigenvalue weighted by molar-refractivity contribution is 5.97. The summed E-state index contributed by atoms with van der Waals surface area (Å²) in [4.78, 5) is 18.2. The van der Waals surface area contributed by atoms with E-state index in [4.69, 9.17) is 38.4 Å². The van der Waals surface area contributed by atoms with Gasteiger partial charge >= 0.3 is 0 Å². The molecule has 0 spiro atoms. The highest BCUT2D eigenvalue weighted by Crippen LogP contribution is 2.41. The van der Waals surface area contributed by atoms with Crippen LogP contribution in [0.5, 0.6) is 17.2 Å². The highest BCUT2D eigenvalue weighted by atomic mass is 16.7. The number of aliphatic hydroxyl groups is 12. The van der Waals surface area contributed by atoms with Crippen molar-refractivity contribution in [2.24, 2.45) is 0 Å². The standard InChI is InChI=1S/C62H62N4O18/c67-26-44-51(70)54(73)57(76)60(82-44)79-33-12-4-9-30(23-33)48-38-17-15-36(63-38)47(29-7-2-1-3-8-29)37-16-18-39(64-37)49(31-10-5-13-34(24-31)80-61-58(77)55(74)52(71)45(27-68)83-61)41-20-22-43(66-41)50(42-21-19-40(48)65-42)32-11-6-14-35(25-32)81-62-59(78)56(75)53(72)46(28-69)84-62/h1-15,17,19-25,44-46,51-62,64-65,67-78H,16,18,26-28H2/t44-,45-,46-,51-,52-,53-,54+,55+,56+,57-,58-,59-,60-,61-,62-/m1/s1. The van der Waals surface area contributed by atoms with Crippen LogP contribution in [-0.4, -0.2) is 193 Å². The molecule has 8 heterocycles. The summed E-state index contributed by atoms with van der Waals surface area (Å²) in [5.41, 5.74) is 10.3. The van der Waals surface area contributed by atoms with Crippen molar-refractivity contribution in [3.05, 3.63) is 149 Å². The topological polar surface area (TPSA) is 356 Å². The molecular weight excluding hydrogens is 1090 g/mol. The summed E-state index contributed by atoms with van der Waals surface area (Å²) < 4.78 is 35.7. The number of hydrogen-bond donors (Lipinski definition) is 14. The quantitative estimate of drug-likeness (QED) is 0.0788. The Morgan fingerprint density at radius 1 is 0.369 bits per heavy atom. The monoisotopic (exact) mass is 1150 g/mol. The van der Waals surface area contributed by atoms with Gasteiger partial charge in [0.1, 0.15) is 90.5 Å². The van der Waals surface area contributed by atoms with Gasteiger partial charge in [-0.3, -0.25) is 0 Å². The van der Waals surface area contributed by atoms with E-state index < -0.39 is 112 Å². The third-order valence-corrected chi connectivity index (χ3v) is 15.8. The van der Waals surface area contributed by atoms with Gasteiger partial charge in [0.25, 0.3) is 0 Å². The molecule has 0 radical (unpaired) electrons. The average Bonchev–Trinajstić information content (AvgIpc) is 4.56. The number of rotatable bonds is 13. The van der Waals surface area contributed by atoms with Crippen LogP contribution in [0, 0.1) is 0 Å². The number of aryl methyl sites for hydroxylation is 2. The molecule has 8 bridgehead atoms. The Hall–Kier alpha value is -7.46.